The van der Waals surface area contributed by atoms with Gasteiger partial charge in [0.1, 0.15) is 17.0 Å². The van der Waals surface area contributed by atoms with Crippen LogP contribution in [0, 0.1) is 11.6 Å². The minimum atomic E-state index is -1.08. The number of fused-ring (bicyclic) bond motifs is 1. The number of likely N-dealkylation sites (tertiary alicyclic amines) is 1. The number of amides is 2. The number of hydrogen-bond donors (Lipinski definition) is 2. The summed E-state index contributed by atoms with van der Waals surface area (Å²) in [6.07, 6.45) is -0.368. The van der Waals surface area contributed by atoms with Crippen molar-refractivity contribution < 1.29 is 27.8 Å². The third-order valence-corrected chi connectivity index (χ3v) is 6.21. The van der Waals surface area contributed by atoms with Crippen molar-refractivity contribution in [2.75, 3.05) is 36.4 Å². The quantitative estimate of drug-likeness (QED) is 0.518. The molecule has 0 atom stereocenters. The molecule has 3 N–H and O–H groups in total. The van der Waals surface area contributed by atoms with Crippen LogP contribution in [0.5, 0.6) is 11.5 Å². The van der Waals surface area contributed by atoms with Crippen LogP contribution in [0.3, 0.4) is 0 Å². The molecule has 2 aromatic carbocycles. The number of benzene rings is 2. The highest BCUT2D eigenvalue weighted by molar-refractivity contribution is 6.00. The Labute approximate surface area is 217 Å². The molecule has 0 unspecified atom stereocenters. The van der Waals surface area contributed by atoms with Crippen molar-refractivity contribution in [3.63, 3.8) is 0 Å². The standard InChI is InChI=1S/C26H28F2N6O4/c1-26(2,3)38-25(36)32-13-16(14-32)33-12-11-30-21-22(23(29)35)34(31-24(21)33)15-7-9-17(10-8-15)37-19-6-4-5-18(27)20(19)28/h4-10,16,30H,11-14H2,1-3H3,(H2,29,35). The van der Waals surface area contributed by atoms with Gasteiger partial charge in [-0.15, -0.1) is 5.10 Å². The Morgan fingerprint density at radius 2 is 1.82 bits per heavy atom. The third-order valence-electron chi connectivity index (χ3n) is 6.21. The molecule has 0 saturated carbocycles. The molecule has 2 amide bonds. The van der Waals surface area contributed by atoms with Gasteiger partial charge in [0.25, 0.3) is 5.91 Å². The molecular formula is C26H28F2N6O4. The van der Waals surface area contributed by atoms with E-state index in [9.17, 15) is 18.4 Å². The maximum atomic E-state index is 14.0. The van der Waals surface area contributed by atoms with E-state index >= 15 is 0 Å². The van der Waals surface area contributed by atoms with Crippen LogP contribution in [0.25, 0.3) is 5.69 Å². The Kier molecular flexibility index (Phi) is 6.33. The largest absolute Gasteiger partial charge is 0.454 e. The maximum Gasteiger partial charge on any atom is 0.410 e. The van der Waals surface area contributed by atoms with E-state index in [4.69, 9.17) is 15.2 Å². The number of rotatable bonds is 5. The average Bonchev–Trinajstić information content (AvgIpc) is 3.21. The molecule has 2 aliphatic rings. The summed E-state index contributed by atoms with van der Waals surface area (Å²) < 4.78 is 39.8. The molecule has 200 valence electrons. The average molecular weight is 527 g/mol. The lowest BCUT2D eigenvalue weighted by molar-refractivity contribution is 0.00807. The number of nitrogens with two attached hydrogens (primary N) is 1. The molecular weight excluding hydrogens is 498 g/mol. The fourth-order valence-electron chi connectivity index (χ4n) is 4.42. The zero-order valence-corrected chi connectivity index (χ0v) is 21.2. The van der Waals surface area contributed by atoms with Gasteiger partial charge in [-0.3, -0.25) is 4.79 Å². The smallest absolute Gasteiger partial charge is 0.410 e. The minimum Gasteiger partial charge on any atom is -0.454 e. The normalized spacial score (nSPS) is 15.4. The van der Waals surface area contributed by atoms with Crippen molar-refractivity contribution >= 4 is 23.5 Å². The summed E-state index contributed by atoms with van der Waals surface area (Å²) in [5.74, 6) is -2.18. The van der Waals surface area contributed by atoms with E-state index in [-0.39, 0.29) is 29.3 Å². The fraction of sp³-hybridized carbons (Fsp3) is 0.346. The second kappa shape index (κ2) is 9.51. The molecule has 3 aromatic rings. The number of halogens is 2. The van der Waals surface area contributed by atoms with Crippen molar-refractivity contribution in [1.82, 2.24) is 14.7 Å². The van der Waals surface area contributed by atoms with E-state index in [0.717, 1.165) is 6.07 Å². The van der Waals surface area contributed by atoms with Crippen LogP contribution in [0.2, 0.25) is 0 Å². The number of primary amides is 1. The van der Waals surface area contributed by atoms with Gasteiger partial charge in [0, 0.05) is 26.2 Å². The predicted octanol–water partition coefficient (Wildman–Crippen LogP) is 3.89. The van der Waals surface area contributed by atoms with Gasteiger partial charge < -0.3 is 30.3 Å². The maximum absolute atomic E-state index is 14.0. The van der Waals surface area contributed by atoms with E-state index in [1.807, 2.05) is 20.8 Å². The third kappa shape index (κ3) is 4.81. The molecule has 0 radical (unpaired) electrons. The predicted molar refractivity (Wildman–Crippen MR) is 136 cm³/mol. The topological polar surface area (TPSA) is 115 Å². The van der Waals surface area contributed by atoms with E-state index in [1.54, 1.807) is 29.2 Å². The SMILES string of the molecule is CC(C)(C)OC(=O)N1CC(N2CCNc3c2nn(-c2ccc(Oc4cccc(F)c4F)cc2)c3C(N)=O)C1. The highest BCUT2D eigenvalue weighted by Gasteiger charge is 2.41. The Bertz CT molecular complexity index is 1380. The first-order valence-corrected chi connectivity index (χ1v) is 12.2. The van der Waals surface area contributed by atoms with Gasteiger partial charge in [-0.25, -0.2) is 13.9 Å². The number of nitrogens with one attached hydrogen (secondary N) is 1. The molecule has 1 saturated heterocycles. The van der Waals surface area contributed by atoms with Crippen molar-refractivity contribution in [1.29, 1.82) is 0 Å². The monoisotopic (exact) mass is 526 g/mol. The van der Waals surface area contributed by atoms with Crippen LogP contribution in [0.15, 0.2) is 42.5 Å². The molecule has 12 heteroatoms. The Balaban J connectivity index is 1.37. The van der Waals surface area contributed by atoms with Gasteiger partial charge in [-0.1, -0.05) is 6.07 Å². The summed E-state index contributed by atoms with van der Waals surface area (Å²) in [4.78, 5) is 28.5. The first-order valence-electron chi connectivity index (χ1n) is 12.2. The lowest BCUT2D eigenvalue weighted by atomic mass is 10.1. The fourth-order valence-corrected chi connectivity index (χ4v) is 4.42. The number of carbonyl (C=O) groups excluding carboxylic acids is 2. The summed E-state index contributed by atoms with van der Waals surface area (Å²) in [6.45, 7) is 7.59. The van der Waals surface area contributed by atoms with Crippen molar-refractivity contribution in [3.05, 3.63) is 59.8 Å². The molecule has 2 aliphatic heterocycles. The molecule has 1 aromatic heterocycles. The van der Waals surface area contributed by atoms with Crippen molar-refractivity contribution in [2.24, 2.45) is 5.73 Å². The molecule has 38 heavy (non-hydrogen) atoms. The zero-order chi connectivity index (χ0) is 27.2. The molecule has 5 rings (SSSR count). The number of ether oxygens (including phenoxy) is 2. The van der Waals surface area contributed by atoms with Crippen LogP contribution < -0.4 is 20.7 Å². The van der Waals surface area contributed by atoms with E-state index in [2.05, 4.69) is 15.3 Å². The van der Waals surface area contributed by atoms with Gasteiger partial charge in [0.05, 0.1) is 11.7 Å². The molecule has 3 heterocycles. The van der Waals surface area contributed by atoms with Crippen LogP contribution >= 0.6 is 0 Å². The summed E-state index contributed by atoms with van der Waals surface area (Å²) in [7, 11) is 0. The summed E-state index contributed by atoms with van der Waals surface area (Å²) in [5.41, 5.74) is 6.38. The second-order valence-corrected chi connectivity index (χ2v) is 10.1. The van der Waals surface area contributed by atoms with Crippen LogP contribution in [-0.4, -0.2) is 64.5 Å². The van der Waals surface area contributed by atoms with Crippen molar-refractivity contribution in [3.8, 4) is 17.2 Å². The summed E-state index contributed by atoms with van der Waals surface area (Å²) in [6, 6.07) is 10.1. The van der Waals surface area contributed by atoms with Gasteiger partial charge in [-0.2, -0.15) is 4.39 Å². The van der Waals surface area contributed by atoms with Gasteiger partial charge in [-0.05, 0) is 57.2 Å². The van der Waals surface area contributed by atoms with Crippen LogP contribution in [0.1, 0.15) is 31.3 Å². The van der Waals surface area contributed by atoms with E-state index in [1.165, 1.54) is 16.8 Å². The van der Waals surface area contributed by atoms with Gasteiger partial charge >= 0.3 is 6.09 Å². The number of carbonyl (C=O) groups is 2. The Hall–Kier alpha value is -4.35. The zero-order valence-electron chi connectivity index (χ0n) is 21.2. The van der Waals surface area contributed by atoms with Crippen LogP contribution in [-0.2, 0) is 4.74 Å². The summed E-state index contributed by atoms with van der Waals surface area (Å²) in [5, 5.41) is 7.91. The Morgan fingerprint density at radius 3 is 2.47 bits per heavy atom. The van der Waals surface area contributed by atoms with Gasteiger partial charge in [0.15, 0.2) is 23.1 Å². The van der Waals surface area contributed by atoms with Crippen molar-refractivity contribution in [2.45, 2.75) is 32.4 Å². The first kappa shape index (κ1) is 25.3. The van der Waals surface area contributed by atoms with Gasteiger partial charge in [0.2, 0.25) is 5.82 Å². The lowest BCUT2D eigenvalue weighted by Crippen LogP contribution is -2.63. The summed E-state index contributed by atoms with van der Waals surface area (Å²) >= 11 is 0. The van der Waals surface area contributed by atoms with Crippen LogP contribution in [0.4, 0.5) is 25.1 Å². The number of hydrogen-bond acceptors (Lipinski definition) is 7. The number of nitrogens with zero attached hydrogens (tertiary/aromatic N) is 4. The second-order valence-electron chi connectivity index (χ2n) is 10.1. The Morgan fingerprint density at radius 1 is 1.11 bits per heavy atom. The minimum absolute atomic E-state index is 0.00406. The molecule has 0 spiro atoms. The lowest BCUT2D eigenvalue weighted by Gasteiger charge is -2.46. The highest BCUT2D eigenvalue weighted by Crippen LogP contribution is 2.36. The molecule has 0 bridgehead atoms. The molecule has 0 aliphatic carbocycles. The van der Waals surface area contributed by atoms with E-state index in [0.29, 0.717) is 43.4 Å². The number of anilines is 2. The first-order chi connectivity index (χ1) is 18.0. The molecule has 1 fully saturated rings. The molecule has 10 nitrogen and oxygen atoms in total. The van der Waals surface area contributed by atoms with E-state index < -0.39 is 23.1 Å². The highest BCUT2D eigenvalue weighted by atomic mass is 19.2. The number of aromatic nitrogens is 2.